The molecule has 0 bridgehead atoms. The minimum absolute atomic E-state index is 0.0211. The lowest BCUT2D eigenvalue weighted by molar-refractivity contribution is -0.130. The molecule has 0 heterocycles. The van der Waals surface area contributed by atoms with Gasteiger partial charge in [-0.1, -0.05) is 34.6 Å². The molecule has 0 aromatic rings. The van der Waals surface area contributed by atoms with Crippen LogP contribution in [0.25, 0.3) is 0 Å². The molecule has 1 unspecified atom stereocenters. The molecule has 0 rings (SSSR count). The number of carbonyl (C=O) groups is 1. The fraction of sp³-hybridized carbons (Fsp3) is 0.917. The van der Waals surface area contributed by atoms with Gasteiger partial charge >= 0.3 is 0 Å². The number of aliphatic hydroxyl groups is 1. The highest BCUT2D eigenvalue weighted by Gasteiger charge is 2.25. The fourth-order valence-corrected chi connectivity index (χ4v) is 1.24. The summed E-state index contributed by atoms with van der Waals surface area (Å²) in [7, 11) is 0. The molecule has 0 aromatic carbocycles. The molecule has 0 aliphatic carbocycles. The first-order chi connectivity index (χ1) is 6.79. The third-order valence-electron chi connectivity index (χ3n) is 2.74. The zero-order chi connectivity index (χ0) is 12.1. The molecule has 3 nitrogen and oxygen atoms in total. The van der Waals surface area contributed by atoms with Crippen molar-refractivity contribution in [2.45, 2.75) is 53.6 Å². The molecule has 0 fully saturated rings. The average Bonchev–Trinajstić information content (AvgIpc) is 2.13. The van der Waals surface area contributed by atoms with Crippen molar-refractivity contribution >= 4 is 5.91 Å². The first-order valence-electron chi connectivity index (χ1n) is 5.76. The Morgan fingerprint density at radius 2 is 1.93 bits per heavy atom. The molecule has 0 radical (unpaired) electrons. The van der Waals surface area contributed by atoms with Gasteiger partial charge in [-0.2, -0.15) is 0 Å². The van der Waals surface area contributed by atoms with Crippen LogP contribution in [0.5, 0.6) is 0 Å². The summed E-state index contributed by atoms with van der Waals surface area (Å²) in [6.07, 6.45) is 1.10. The molecule has 0 aliphatic heterocycles. The molecule has 15 heavy (non-hydrogen) atoms. The SMILES string of the molecule is CCC(C)(C)C(=O)NCC(O)CC(C)C. The molecule has 0 spiro atoms. The molecule has 3 heteroatoms. The summed E-state index contributed by atoms with van der Waals surface area (Å²) in [4.78, 5) is 11.7. The van der Waals surface area contributed by atoms with Gasteiger partial charge in [-0.25, -0.2) is 0 Å². The smallest absolute Gasteiger partial charge is 0.225 e. The lowest BCUT2D eigenvalue weighted by atomic mass is 9.89. The summed E-state index contributed by atoms with van der Waals surface area (Å²) >= 11 is 0. The first-order valence-corrected chi connectivity index (χ1v) is 5.76. The van der Waals surface area contributed by atoms with Crippen molar-refractivity contribution in [1.29, 1.82) is 0 Å². The van der Waals surface area contributed by atoms with Crippen molar-refractivity contribution in [3.05, 3.63) is 0 Å². The lowest BCUT2D eigenvalue weighted by Crippen LogP contribution is -2.40. The number of amides is 1. The molecule has 0 aromatic heterocycles. The Morgan fingerprint density at radius 3 is 2.33 bits per heavy atom. The van der Waals surface area contributed by atoms with Crippen LogP contribution in [0.3, 0.4) is 0 Å². The van der Waals surface area contributed by atoms with E-state index in [2.05, 4.69) is 19.2 Å². The van der Waals surface area contributed by atoms with E-state index in [1.165, 1.54) is 0 Å². The maximum absolute atomic E-state index is 11.7. The van der Waals surface area contributed by atoms with Gasteiger partial charge in [0, 0.05) is 12.0 Å². The van der Waals surface area contributed by atoms with Crippen LogP contribution in [0.15, 0.2) is 0 Å². The minimum atomic E-state index is -0.429. The Kier molecular flexibility index (Phi) is 5.88. The van der Waals surface area contributed by atoms with E-state index >= 15 is 0 Å². The number of nitrogens with one attached hydrogen (secondary N) is 1. The Bertz CT molecular complexity index is 200. The molecule has 90 valence electrons. The van der Waals surface area contributed by atoms with Gasteiger partial charge in [-0.3, -0.25) is 4.79 Å². The number of carbonyl (C=O) groups excluding carboxylic acids is 1. The topological polar surface area (TPSA) is 49.3 Å². The van der Waals surface area contributed by atoms with Crippen molar-refractivity contribution in [3.63, 3.8) is 0 Å². The van der Waals surface area contributed by atoms with Crippen LogP contribution in [0.2, 0.25) is 0 Å². The maximum Gasteiger partial charge on any atom is 0.225 e. The van der Waals surface area contributed by atoms with Gasteiger partial charge in [0.15, 0.2) is 0 Å². The van der Waals surface area contributed by atoms with Crippen molar-refractivity contribution in [1.82, 2.24) is 5.32 Å². The Hall–Kier alpha value is -0.570. The first kappa shape index (κ1) is 14.4. The van der Waals surface area contributed by atoms with Gasteiger partial charge in [-0.05, 0) is 18.8 Å². The Balaban J connectivity index is 3.90. The van der Waals surface area contributed by atoms with E-state index in [0.29, 0.717) is 12.5 Å². The molecule has 0 aliphatic rings. The monoisotopic (exact) mass is 215 g/mol. The molecule has 0 saturated heterocycles. The van der Waals surface area contributed by atoms with E-state index in [0.717, 1.165) is 12.8 Å². The van der Waals surface area contributed by atoms with Gasteiger partial charge in [0.25, 0.3) is 0 Å². The van der Waals surface area contributed by atoms with Crippen molar-refractivity contribution < 1.29 is 9.90 Å². The Morgan fingerprint density at radius 1 is 1.40 bits per heavy atom. The van der Waals surface area contributed by atoms with Crippen molar-refractivity contribution in [2.75, 3.05) is 6.54 Å². The van der Waals surface area contributed by atoms with Crippen LogP contribution in [0.1, 0.15) is 47.5 Å². The maximum atomic E-state index is 11.7. The van der Waals surface area contributed by atoms with E-state index in [-0.39, 0.29) is 11.3 Å². The summed E-state index contributed by atoms with van der Waals surface area (Å²) in [5, 5.41) is 12.4. The van der Waals surface area contributed by atoms with Crippen molar-refractivity contribution in [2.24, 2.45) is 11.3 Å². The van der Waals surface area contributed by atoms with E-state index < -0.39 is 6.10 Å². The van der Waals surface area contributed by atoms with E-state index in [9.17, 15) is 9.90 Å². The zero-order valence-corrected chi connectivity index (χ0v) is 10.6. The predicted molar refractivity (Wildman–Crippen MR) is 62.5 cm³/mol. The largest absolute Gasteiger partial charge is 0.391 e. The van der Waals surface area contributed by atoms with Gasteiger partial charge in [-0.15, -0.1) is 0 Å². The van der Waals surface area contributed by atoms with Crippen LogP contribution < -0.4 is 5.32 Å². The highest BCUT2D eigenvalue weighted by Crippen LogP contribution is 2.19. The molecule has 0 saturated carbocycles. The third-order valence-corrected chi connectivity index (χ3v) is 2.74. The second-order valence-electron chi connectivity index (χ2n) is 5.23. The van der Waals surface area contributed by atoms with Crippen LogP contribution in [-0.2, 0) is 4.79 Å². The molecule has 1 atom stereocenters. The summed E-state index contributed by atoms with van der Waals surface area (Å²) in [5.41, 5.74) is -0.336. The average molecular weight is 215 g/mol. The second-order valence-corrected chi connectivity index (χ2v) is 5.23. The van der Waals surface area contributed by atoms with E-state index in [1.807, 2.05) is 20.8 Å². The number of rotatable bonds is 6. The normalized spacial score (nSPS) is 14.1. The van der Waals surface area contributed by atoms with Crippen LogP contribution in [-0.4, -0.2) is 23.7 Å². The zero-order valence-electron chi connectivity index (χ0n) is 10.6. The van der Waals surface area contributed by atoms with E-state index in [4.69, 9.17) is 0 Å². The quantitative estimate of drug-likeness (QED) is 0.711. The summed E-state index contributed by atoms with van der Waals surface area (Å²) in [5.74, 6) is 0.476. The summed E-state index contributed by atoms with van der Waals surface area (Å²) in [6, 6.07) is 0. The highest BCUT2D eigenvalue weighted by atomic mass is 16.3. The van der Waals surface area contributed by atoms with E-state index in [1.54, 1.807) is 0 Å². The predicted octanol–water partition coefficient (Wildman–Crippen LogP) is 1.95. The second kappa shape index (κ2) is 6.11. The van der Waals surface area contributed by atoms with Gasteiger partial charge < -0.3 is 10.4 Å². The van der Waals surface area contributed by atoms with Crippen molar-refractivity contribution in [3.8, 4) is 0 Å². The van der Waals surface area contributed by atoms with Gasteiger partial charge in [0.2, 0.25) is 5.91 Å². The standard InChI is InChI=1S/C12H25NO2/c1-6-12(4,5)11(15)13-8-10(14)7-9(2)3/h9-10,14H,6-8H2,1-5H3,(H,13,15). The molecule has 1 amide bonds. The van der Waals surface area contributed by atoms with Crippen LogP contribution in [0, 0.1) is 11.3 Å². The number of aliphatic hydroxyl groups excluding tert-OH is 1. The molecule has 2 N–H and O–H groups in total. The van der Waals surface area contributed by atoms with Gasteiger partial charge in [0.05, 0.1) is 6.10 Å². The molecular formula is C12H25NO2. The number of hydrogen-bond acceptors (Lipinski definition) is 2. The molecular weight excluding hydrogens is 190 g/mol. The Labute approximate surface area is 93.3 Å². The number of hydrogen-bond donors (Lipinski definition) is 2. The van der Waals surface area contributed by atoms with Gasteiger partial charge in [0.1, 0.15) is 0 Å². The van der Waals surface area contributed by atoms with Crippen LogP contribution >= 0.6 is 0 Å². The highest BCUT2D eigenvalue weighted by molar-refractivity contribution is 5.81. The lowest BCUT2D eigenvalue weighted by Gasteiger charge is -2.23. The minimum Gasteiger partial charge on any atom is -0.391 e. The summed E-state index contributed by atoms with van der Waals surface area (Å²) < 4.78 is 0. The summed E-state index contributed by atoms with van der Waals surface area (Å²) in [6.45, 7) is 10.3. The fourth-order valence-electron chi connectivity index (χ4n) is 1.24. The third kappa shape index (κ3) is 5.78. The van der Waals surface area contributed by atoms with Crippen LogP contribution in [0.4, 0.5) is 0 Å².